The van der Waals surface area contributed by atoms with Gasteiger partial charge in [0.2, 0.25) is 6.79 Å². The van der Waals surface area contributed by atoms with Gasteiger partial charge in [-0.15, -0.1) is 0 Å². The van der Waals surface area contributed by atoms with Crippen molar-refractivity contribution in [3.8, 4) is 0 Å². The topological polar surface area (TPSA) is 209 Å². The SMILES string of the molecule is CCCNC(=O)c1ccc(C)c(N=C(N=CN)c2[nH]cc(C(=O)N(CCC)C(=O)OCOP(=O)(O)O)c2C)c1. The number of nitrogens with zero attached hydrogens (tertiary/aromatic N) is 3. The maximum absolute atomic E-state index is 13.2. The molecule has 0 bridgehead atoms. The van der Waals surface area contributed by atoms with Crippen molar-refractivity contribution in [3.05, 3.63) is 52.3 Å². The minimum Gasteiger partial charge on any atom is -0.421 e. The smallest absolute Gasteiger partial charge is 0.421 e. The van der Waals surface area contributed by atoms with Crippen molar-refractivity contribution in [1.82, 2.24) is 15.2 Å². The minimum atomic E-state index is -4.86. The van der Waals surface area contributed by atoms with Crippen LogP contribution in [0.3, 0.4) is 0 Å². The molecule has 39 heavy (non-hydrogen) atoms. The van der Waals surface area contributed by atoms with Crippen molar-refractivity contribution in [3.63, 3.8) is 0 Å². The van der Waals surface area contributed by atoms with Crippen LogP contribution in [-0.2, 0) is 13.8 Å². The number of phosphoric acid groups is 1. The quantitative estimate of drug-likeness (QED) is 0.117. The molecule has 0 fully saturated rings. The van der Waals surface area contributed by atoms with E-state index in [0.717, 1.165) is 23.2 Å². The van der Waals surface area contributed by atoms with E-state index < -0.39 is 26.6 Å². The van der Waals surface area contributed by atoms with Crippen LogP contribution in [0.4, 0.5) is 10.5 Å². The summed E-state index contributed by atoms with van der Waals surface area (Å²) in [5.41, 5.74) is 8.05. The molecule has 3 amide bonds. The number of hydrogen-bond donors (Lipinski definition) is 5. The number of aromatic amines is 1. The second-order valence-corrected chi connectivity index (χ2v) is 9.52. The second kappa shape index (κ2) is 14.4. The molecule has 1 heterocycles. The van der Waals surface area contributed by atoms with Gasteiger partial charge in [0.1, 0.15) is 0 Å². The molecule has 0 saturated carbocycles. The van der Waals surface area contributed by atoms with Crippen LogP contribution in [0.1, 0.15) is 64.2 Å². The molecule has 0 spiro atoms. The number of imide groups is 1. The van der Waals surface area contributed by atoms with E-state index in [1.54, 1.807) is 32.0 Å². The Labute approximate surface area is 225 Å². The van der Waals surface area contributed by atoms with Crippen molar-refractivity contribution in [1.29, 1.82) is 0 Å². The van der Waals surface area contributed by atoms with Gasteiger partial charge in [-0.25, -0.2) is 28.8 Å². The van der Waals surface area contributed by atoms with Crippen molar-refractivity contribution >= 4 is 43.6 Å². The molecule has 0 saturated heterocycles. The number of hydrogen-bond acceptors (Lipinski definition) is 7. The molecular formula is C24H33N6O8P. The van der Waals surface area contributed by atoms with Gasteiger partial charge < -0.3 is 30.6 Å². The number of nitrogens with one attached hydrogen (secondary N) is 2. The molecule has 0 aliphatic rings. The number of nitrogens with two attached hydrogens (primary N) is 1. The summed E-state index contributed by atoms with van der Waals surface area (Å²) in [6.07, 6.45) is 2.45. The monoisotopic (exact) mass is 564 g/mol. The molecule has 212 valence electrons. The van der Waals surface area contributed by atoms with Crippen LogP contribution in [0.2, 0.25) is 0 Å². The highest BCUT2D eigenvalue weighted by Crippen LogP contribution is 2.35. The van der Waals surface area contributed by atoms with Crippen LogP contribution >= 0.6 is 7.82 Å². The van der Waals surface area contributed by atoms with Crippen LogP contribution in [0, 0.1) is 13.8 Å². The van der Waals surface area contributed by atoms with Crippen molar-refractivity contribution in [2.45, 2.75) is 40.5 Å². The Morgan fingerprint density at radius 1 is 1.21 bits per heavy atom. The summed E-state index contributed by atoms with van der Waals surface area (Å²) in [7, 11) is -4.86. The number of ether oxygens (including phenoxy) is 1. The molecule has 1 aromatic heterocycles. The summed E-state index contributed by atoms with van der Waals surface area (Å²) in [6.45, 7) is 6.59. The number of benzene rings is 1. The fraction of sp³-hybridized carbons (Fsp3) is 0.375. The lowest BCUT2D eigenvalue weighted by Gasteiger charge is -2.19. The van der Waals surface area contributed by atoms with Gasteiger partial charge in [0.15, 0.2) is 5.84 Å². The van der Waals surface area contributed by atoms with Gasteiger partial charge >= 0.3 is 13.9 Å². The number of carbonyl (C=O) groups excluding carboxylic acids is 3. The van der Waals surface area contributed by atoms with Gasteiger partial charge in [-0.3, -0.25) is 9.59 Å². The Balaban J connectivity index is 2.40. The highest BCUT2D eigenvalue weighted by Gasteiger charge is 2.28. The standard InChI is InChI=1S/C24H33N6O8P/c1-5-9-26-22(31)17-8-7-15(3)19(11-17)29-21(28-13-25)20-16(4)18(12-27-20)23(32)30(10-6-2)24(33)37-14-38-39(34,35)36/h7-8,11-13,27H,5-6,9-10,14H2,1-4H3,(H,26,31)(H2,25,28,29)(H2,34,35,36). The van der Waals surface area contributed by atoms with Crippen LogP contribution in [0.15, 0.2) is 34.4 Å². The molecule has 6 N–H and O–H groups in total. The molecule has 14 nitrogen and oxygen atoms in total. The van der Waals surface area contributed by atoms with E-state index in [1.165, 1.54) is 6.20 Å². The summed E-state index contributed by atoms with van der Waals surface area (Å²) in [5, 5.41) is 2.81. The predicted molar refractivity (Wildman–Crippen MR) is 144 cm³/mol. The third kappa shape index (κ3) is 8.86. The zero-order valence-electron chi connectivity index (χ0n) is 22.1. The first-order valence-corrected chi connectivity index (χ1v) is 13.5. The first-order valence-electron chi connectivity index (χ1n) is 12.0. The summed E-state index contributed by atoms with van der Waals surface area (Å²) in [5.74, 6) is -0.835. The number of carbonyl (C=O) groups is 3. The fourth-order valence-corrected chi connectivity index (χ4v) is 3.55. The number of phosphoric ester groups is 1. The highest BCUT2D eigenvalue weighted by molar-refractivity contribution is 7.46. The third-order valence-corrected chi connectivity index (χ3v) is 5.78. The van der Waals surface area contributed by atoms with E-state index in [-0.39, 0.29) is 23.9 Å². The Morgan fingerprint density at radius 2 is 1.92 bits per heavy atom. The molecule has 0 unspecified atom stereocenters. The van der Waals surface area contributed by atoms with Crippen molar-refractivity contribution in [2.75, 3.05) is 19.9 Å². The van der Waals surface area contributed by atoms with Gasteiger partial charge in [-0.05, 0) is 49.9 Å². The van der Waals surface area contributed by atoms with Crippen LogP contribution < -0.4 is 11.1 Å². The van der Waals surface area contributed by atoms with Gasteiger partial charge in [0, 0.05) is 24.8 Å². The molecule has 1 aromatic carbocycles. The molecular weight excluding hydrogens is 531 g/mol. The minimum absolute atomic E-state index is 0.0263. The number of amides is 3. The maximum Gasteiger partial charge on any atom is 0.472 e. The number of aryl methyl sites for hydroxylation is 1. The van der Waals surface area contributed by atoms with E-state index in [1.807, 2.05) is 13.8 Å². The number of rotatable bonds is 11. The van der Waals surface area contributed by atoms with E-state index in [4.69, 9.17) is 20.3 Å². The Kier molecular flexibility index (Phi) is 11.5. The molecule has 0 aliphatic heterocycles. The number of aromatic nitrogens is 1. The van der Waals surface area contributed by atoms with Crippen molar-refractivity contribution < 1.29 is 38.0 Å². The summed E-state index contributed by atoms with van der Waals surface area (Å²) < 4.78 is 19.6. The molecule has 2 rings (SSSR count). The Hall–Kier alpha value is -3.84. The largest absolute Gasteiger partial charge is 0.472 e. The molecule has 0 atom stereocenters. The molecule has 2 aromatic rings. The zero-order valence-corrected chi connectivity index (χ0v) is 23.0. The summed E-state index contributed by atoms with van der Waals surface area (Å²) in [4.78, 5) is 68.1. The van der Waals surface area contributed by atoms with E-state index in [9.17, 15) is 18.9 Å². The lowest BCUT2D eigenvalue weighted by Crippen LogP contribution is -2.38. The lowest BCUT2D eigenvalue weighted by atomic mass is 10.1. The first-order chi connectivity index (χ1) is 18.4. The van der Waals surface area contributed by atoms with Gasteiger partial charge in [0.25, 0.3) is 11.8 Å². The van der Waals surface area contributed by atoms with Crippen LogP contribution in [0.5, 0.6) is 0 Å². The van der Waals surface area contributed by atoms with E-state index >= 15 is 0 Å². The van der Waals surface area contributed by atoms with Gasteiger partial charge in [-0.2, -0.15) is 0 Å². The molecule has 0 aliphatic carbocycles. The number of amidine groups is 1. The highest BCUT2D eigenvalue weighted by atomic mass is 31.2. The average Bonchev–Trinajstić information content (AvgIpc) is 3.26. The van der Waals surface area contributed by atoms with Crippen molar-refractivity contribution in [2.24, 2.45) is 15.7 Å². The number of H-pyrrole nitrogens is 1. The van der Waals surface area contributed by atoms with E-state index in [2.05, 4.69) is 24.8 Å². The summed E-state index contributed by atoms with van der Waals surface area (Å²) >= 11 is 0. The fourth-order valence-electron chi connectivity index (χ4n) is 3.36. The summed E-state index contributed by atoms with van der Waals surface area (Å²) in [6, 6.07) is 5.06. The zero-order chi connectivity index (χ0) is 29.2. The third-order valence-electron chi connectivity index (χ3n) is 5.34. The van der Waals surface area contributed by atoms with Gasteiger partial charge in [0.05, 0.1) is 23.3 Å². The van der Waals surface area contributed by atoms with Crippen LogP contribution in [-0.4, -0.2) is 69.6 Å². The van der Waals surface area contributed by atoms with Gasteiger partial charge in [-0.1, -0.05) is 19.9 Å². The average molecular weight is 565 g/mol. The number of aliphatic imine (C=N–C) groups is 2. The lowest BCUT2D eigenvalue weighted by molar-refractivity contribution is 0.0203. The first kappa shape index (κ1) is 31.4. The molecule has 0 radical (unpaired) electrons. The van der Waals surface area contributed by atoms with E-state index in [0.29, 0.717) is 35.5 Å². The van der Waals surface area contributed by atoms with Crippen LogP contribution in [0.25, 0.3) is 0 Å². The normalized spacial score (nSPS) is 12.0. The Bertz CT molecular complexity index is 1300. The second-order valence-electron chi connectivity index (χ2n) is 8.28. The molecule has 15 heteroatoms. The Morgan fingerprint density at radius 3 is 2.54 bits per heavy atom. The predicted octanol–water partition coefficient (Wildman–Crippen LogP) is 2.89. The maximum atomic E-state index is 13.2.